The summed E-state index contributed by atoms with van der Waals surface area (Å²) in [4.78, 5) is 9.05. The van der Waals surface area contributed by atoms with E-state index in [4.69, 9.17) is 14.9 Å². The molecule has 0 bridgehead atoms. The number of halogens is 2. The molecule has 3 rings (SSSR count). The fraction of sp³-hybridized carbons (Fsp3) is 0.467. The molecule has 2 aliphatic heterocycles. The molecular weight excluding hydrogens is 489 g/mol. The maximum atomic E-state index is 13.4. The molecule has 15 heteroatoms. The predicted molar refractivity (Wildman–Crippen MR) is 109 cm³/mol. The summed E-state index contributed by atoms with van der Waals surface area (Å²) in [5.41, 5.74) is 10.4. The molecule has 12 nitrogen and oxygen atoms in total. The first-order valence-corrected chi connectivity index (χ1v) is 10.9. The van der Waals surface area contributed by atoms with Crippen LogP contribution in [0.1, 0.15) is 6.92 Å². The Bertz CT molecular complexity index is 955. The maximum Gasteiger partial charge on any atom is 0.338 e. The lowest BCUT2D eigenvalue weighted by atomic mass is 9.93. The molecule has 0 amide bonds. The first-order chi connectivity index (χ1) is 14.2. The quantitative estimate of drug-likeness (QED) is 0.180. The van der Waals surface area contributed by atoms with E-state index in [2.05, 4.69) is 36.9 Å². The van der Waals surface area contributed by atoms with Gasteiger partial charge in [-0.25, -0.2) is 9.38 Å². The van der Waals surface area contributed by atoms with Gasteiger partial charge in [-0.2, -0.15) is 12.7 Å². The van der Waals surface area contributed by atoms with E-state index in [0.29, 0.717) is 5.69 Å². The van der Waals surface area contributed by atoms with E-state index in [0.717, 1.165) is 4.31 Å². The van der Waals surface area contributed by atoms with Gasteiger partial charge in [0, 0.05) is 19.6 Å². The van der Waals surface area contributed by atoms with Crippen LogP contribution in [0.5, 0.6) is 0 Å². The van der Waals surface area contributed by atoms with Crippen molar-refractivity contribution in [3.8, 4) is 0 Å². The van der Waals surface area contributed by atoms with Crippen molar-refractivity contribution in [3.63, 3.8) is 0 Å². The first kappa shape index (κ1) is 23.0. The predicted octanol–water partition coefficient (Wildman–Crippen LogP) is -0.302. The van der Waals surface area contributed by atoms with Crippen LogP contribution in [-0.4, -0.2) is 67.4 Å². The van der Waals surface area contributed by atoms with Gasteiger partial charge in [-0.15, -0.1) is 5.48 Å². The average molecular weight is 510 g/mol. The number of nitrogens with zero attached hydrogens (tertiary/aromatic N) is 3. The van der Waals surface area contributed by atoms with Gasteiger partial charge in [0.05, 0.1) is 22.3 Å². The second-order valence-corrected chi connectivity index (χ2v) is 9.13. The van der Waals surface area contributed by atoms with E-state index in [1.54, 1.807) is 6.92 Å². The summed E-state index contributed by atoms with van der Waals surface area (Å²) in [6.45, 7) is 1.97. The second-order valence-electron chi connectivity index (χ2n) is 6.66. The van der Waals surface area contributed by atoms with Crippen molar-refractivity contribution in [1.82, 2.24) is 20.6 Å². The Hall–Kier alpha value is -1.72. The highest BCUT2D eigenvalue weighted by Crippen LogP contribution is 2.23. The number of nitrogens with two attached hydrogens (primary N) is 1. The molecule has 1 fully saturated rings. The molecule has 2 aliphatic rings. The van der Waals surface area contributed by atoms with Gasteiger partial charge in [0.15, 0.2) is 11.5 Å². The first-order valence-electron chi connectivity index (χ1n) is 8.78. The van der Waals surface area contributed by atoms with Crippen molar-refractivity contribution in [3.05, 3.63) is 28.5 Å². The molecule has 1 aromatic rings. The minimum atomic E-state index is -3.78. The van der Waals surface area contributed by atoms with Crippen molar-refractivity contribution in [2.24, 2.45) is 15.9 Å². The Morgan fingerprint density at radius 1 is 1.60 bits per heavy atom. The molecule has 1 saturated heterocycles. The van der Waals surface area contributed by atoms with Crippen LogP contribution in [-0.2, 0) is 19.4 Å². The Morgan fingerprint density at radius 3 is 2.97 bits per heavy atom. The zero-order valence-corrected chi connectivity index (χ0v) is 18.2. The summed E-state index contributed by atoms with van der Waals surface area (Å²) in [6.07, 6.45) is -0.703. The SMILES string of the molecule is CCOS(=O)(=O)N1CC(N)(CNC2NON=C2C(=Nc2ccc(F)c(Br)c2)NO)C1. The van der Waals surface area contributed by atoms with Crippen LogP contribution in [0.2, 0.25) is 0 Å². The van der Waals surface area contributed by atoms with Gasteiger partial charge >= 0.3 is 10.3 Å². The van der Waals surface area contributed by atoms with Crippen LogP contribution in [0, 0.1) is 5.82 Å². The fourth-order valence-electron chi connectivity index (χ4n) is 2.83. The summed E-state index contributed by atoms with van der Waals surface area (Å²) in [7, 11) is -3.78. The third-order valence-electron chi connectivity index (χ3n) is 4.30. The Labute approximate surface area is 180 Å². The van der Waals surface area contributed by atoms with Gasteiger partial charge in [-0.1, -0.05) is 5.16 Å². The van der Waals surface area contributed by atoms with E-state index in [1.807, 2.05) is 5.48 Å². The summed E-state index contributed by atoms with van der Waals surface area (Å²) in [5.74, 6) is -0.499. The third-order valence-corrected chi connectivity index (χ3v) is 6.34. The van der Waals surface area contributed by atoms with Crippen molar-refractivity contribution < 1.29 is 27.1 Å². The summed E-state index contributed by atoms with van der Waals surface area (Å²) >= 11 is 3.07. The molecule has 1 aromatic carbocycles. The minimum Gasteiger partial charge on any atom is -0.322 e. The Balaban J connectivity index is 1.63. The van der Waals surface area contributed by atoms with E-state index in [9.17, 15) is 18.0 Å². The van der Waals surface area contributed by atoms with Crippen molar-refractivity contribution in [1.29, 1.82) is 0 Å². The van der Waals surface area contributed by atoms with Crippen molar-refractivity contribution in [2.45, 2.75) is 18.6 Å². The largest absolute Gasteiger partial charge is 0.338 e. The maximum absolute atomic E-state index is 13.4. The molecule has 0 spiro atoms. The monoisotopic (exact) mass is 509 g/mol. The molecule has 30 heavy (non-hydrogen) atoms. The Kier molecular flexibility index (Phi) is 7.03. The summed E-state index contributed by atoms with van der Waals surface area (Å²) in [5, 5.41) is 16.3. The Morgan fingerprint density at radius 2 is 2.33 bits per heavy atom. The molecule has 1 unspecified atom stereocenters. The number of hydrogen-bond donors (Lipinski definition) is 5. The smallest absolute Gasteiger partial charge is 0.322 e. The van der Waals surface area contributed by atoms with E-state index < -0.39 is 27.8 Å². The highest BCUT2D eigenvalue weighted by atomic mass is 79.9. The molecule has 0 aromatic heterocycles. The van der Waals surface area contributed by atoms with Crippen LogP contribution in [0.25, 0.3) is 0 Å². The summed E-state index contributed by atoms with van der Waals surface area (Å²) < 4.78 is 43.2. The van der Waals surface area contributed by atoms with E-state index in [1.165, 1.54) is 18.2 Å². The molecule has 0 radical (unpaired) electrons. The van der Waals surface area contributed by atoms with Crippen molar-refractivity contribution in [2.75, 3.05) is 26.2 Å². The number of rotatable bonds is 8. The van der Waals surface area contributed by atoms with Crippen LogP contribution >= 0.6 is 15.9 Å². The second kappa shape index (κ2) is 9.19. The number of hydrogen-bond acceptors (Lipinski definition) is 10. The van der Waals surface area contributed by atoms with E-state index in [-0.39, 0.29) is 42.3 Å². The zero-order valence-electron chi connectivity index (χ0n) is 15.8. The minimum absolute atomic E-state index is 0.0404. The van der Waals surface area contributed by atoms with Gasteiger partial charge in [-0.05, 0) is 41.1 Å². The van der Waals surface area contributed by atoms with Gasteiger partial charge < -0.3 is 5.73 Å². The molecule has 1 atom stereocenters. The molecule has 2 heterocycles. The van der Waals surface area contributed by atoms with Crippen LogP contribution in [0.4, 0.5) is 10.1 Å². The lowest BCUT2D eigenvalue weighted by molar-refractivity contribution is 0.0491. The molecule has 166 valence electrons. The third kappa shape index (κ3) is 5.12. The highest BCUT2D eigenvalue weighted by molar-refractivity contribution is 9.10. The van der Waals surface area contributed by atoms with E-state index >= 15 is 0 Å². The number of oxime groups is 1. The molecule has 0 aliphatic carbocycles. The fourth-order valence-corrected chi connectivity index (χ4v) is 4.48. The van der Waals surface area contributed by atoms with Crippen molar-refractivity contribution >= 4 is 43.5 Å². The van der Waals surface area contributed by atoms with Crippen LogP contribution in [0.3, 0.4) is 0 Å². The lowest BCUT2D eigenvalue weighted by Crippen LogP contribution is -2.73. The molecule has 0 saturated carbocycles. The topological polar surface area (TPSA) is 163 Å². The number of hydroxylamine groups is 2. The average Bonchev–Trinajstić information content (AvgIpc) is 3.13. The highest BCUT2D eigenvalue weighted by Gasteiger charge is 2.46. The standard InChI is InChI=1S/C15H21BrFN7O5S/c1-2-28-30(26,27)24-7-15(18,8-24)6-19-13-12(22-29-23-13)14(21-25)20-9-3-4-11(17)10(16)5-9/h3-5,13,19,23,25H,2,6-8,18H2,1H3,(H,20,21). The summed E-state index contributed by atoms with van der Waals surface area (Å²) in [6, 6.07) is 4.06. The van der Waals surface area contributed by atoms with Crippen LogP contribution in [0.15, 0.2) is 32.8 Å². The number of aliphatic imine (C=N–C) groups is 1. The van der Waals surface area contributed by atoms with Gasteiger partial charge in [0.2, 0.25) is 0 Å². The number of amidine groups is 1. The van der Waals surface area contributed by atoms with Gasteiger partial charge in [-0.3, -0.25) is 25.1 Å². The normalized spacial score (nSPS) is 21.7. The number of benzene rings is 1. The number of nitrogens with one attached hydrogen (secondary N) is 3. The van der Waals surface area contributed by atoms with Gasteiger partial charge in [0.25, 0.3) is 0 Å². The van der Waals surface area contributed by atoms with Crippen LogP contribution < -0.4 is 22.0 Å². The molecular formula is C15H21BrFN7O5S. The zero-order chi connectivity index (χ0) is 21.9. The molecule has 6 N–H and O–H groups in total. The van der Waals surface area contributed by atoms with Gasteiger partial charge in [0.1, 0.15) is 12.0 Å². The lowest BCUT2D eigenvalue weighted by Gasteiger charge is -2.46.